The molecule has 1 aromatic heterocycles. The van der Waals surface area contributed by atoms with Crippen LogP contribution >= 0.6 is 0 Å². The van der Waals surface area contributed by atoms with Crippen molar-refractivity contribution in [2.75, 3.05) is 23.7 Å². The maximum atomic E-state index is 12.8. The zero-order chi connectivity index (χ0) is 24.2. The molecule has 7 nitrogen and oxygen atoms in total. The molecule has 1 aliphatic heterocycles. The zero-order valence-electron chi connectivity index (χ0n) is 19.5. The van der Waals surface area contributed by atoms with Crippen LogP contribution in [-0.4, -0.2) is 34.9 Å². The third-order valence-corrected chi connectivity index (χ3v) is 5.95. The summed E-state index contributed by atoms with van der Waals surface area (Å²) in [5.74, 6) is 1.45. The Morgan fingerprint density at radius 3 is 2.49 bits per heavy atom. The Morgan fingerprint density at radius 1 is 0.857 bits per heavy atom. The second kappa shape index (κ2) is 9.85. The van der Waals surface area contributed by atoms with Gasteiger partial charge in [0.25, 0.3) is 5.91 Å². The number of rotatable bonds is 5. The van der Waals surface area contributed by atoms with Gasteiger partial charge in [0.15, 0.2) is 0 Å². The number of ether oxygens (including phenoxy) is 1. The van der Waals surface area contributed by atoms with Crippen molar-refractivity contribution in [3.63, 3.8) is 0 Å². The molecule has 0 unspecified atom stereocenters. The molecule has 2 heterocycles. The number of urea groups is 1. The molecule has 0 saturated carbocycles. The van der Waals surface area contributed by atoms with Gasteiger partial charge in [-0.1, -0.05) is 24.3 Å². The standard InChI is InChI=1S/C28H26N4O3/c1-19-5-4-6-23(15-19)30-27(33)21-8-7-20-9-10-24(17-22(20)16-21)35-25-11-12-29-26(18-25)31-28(34)32-13-2-3-14-32/h4-12,15-18H,2-3,13-14H2,1H3,(H,30,33)(H,29,31,34). The van der Waals surface area contributed by atoms with Crippen molar-refractivity contribution in [1.82, 2.24) is 9.88 Å². The molecule has 5 rings (SSSR count). The van der Waals surface area contributed by atoms with Gasteiger partial charge in [-0.2, -0.15) is 0 Å². The Kier molecular flexibility index (Phi) is 6.30. The van der Waals surface area contributed by atoms with Crippen LogP contribution in [0.15, 0.2) is 79.0 Å². The van der Waals surface area contributed by atoms with Crippen molar-refractivity contribution in [3.8, 4) is 11.5 Å². The predicted molar refractivity (Wildman–Crippen MR) is 137 cm³/mol. The van der Waals surface area contributed by atoms with E-state index >= 15 is 0 Å². The molecule has 0 atom stereocenters. The van der Waals surface area contributed by atoms with Crippen LogP contribution in [0.4, 0.5) is 16.3 Å². The van der Waals surface area contributed by atoms with E-state index in [9.17, 15) is 9.59 Å². The van der Waals surface area contributed by atoms with Crippen LogP contribution in [0.2, 0.25) is 0 Å². The highest BCUT2D eigenvalue weighted by atomic mass is 16.5. The molecule has 2 N–H and O–H groups in total. The number of carbonyl (C=O) groups is 2. The van der Waals surface area contributed by atoms with Gasteiger partial charge < -0.3 is 15.0 Å². The first-order valence-electron chi connectivity index (χ1n) is 11.7. The highest BCUT2D eigenvalue weighted by molar-refractivity contribution is 6.06. The fourth-order valence-corrected chi connectivity index (χ4v) is 4.14. The highest BCUT2D eigenvalue weighted by Crippen LogP contribution is 2.28. The van der Waals surface area contributed by atoms with Crippen molar-refractivity contribution in [2.45, 2.75) is 19.8 Å². The summed E-state index contributed by atoms with van der Waals surface area (Å²) in [4.78, 5) is 31.1. The van der Waals surface area contributed by atoms with Crippen LogP contribution in [0.25, 0.3) is 10.8 Å². The molecular formula is C28H26N4O3. The summed E-state index contributed by atoms with van der Waals surface area (Å²) in [5.41, 5.74) is 2.41. The van der Waals surface area contributed by atoms with Crippen LogP contribution in [0.5, 0.6) is 11.5 Å². The molecule has 4 aromatic rings. The highest BCUT2D eigenvalue weighted by Gasteiger charge is 2.18. The van der Waals surface area contributed by atoms with Crippen LogP contribution in [0.1, 0.15) is 28.8 Å². The smallest absolute Gasteiger partial charge is 0.323 e. The van der Waals surface area contributed by atoms with Crippen LogP contribution in [0, 0.1) is 6.92 Å². The fourth-order valence-electron chi connectivity index (χ4n) is 4.14. The predicted octanol–water partition coefficient (Wildman–Crippen LogP) is 6.22. The lowest BCUT2D eigenvalue weighted by Crippen LogP contribution is -2.32. The number of likely N-dealkylation sites (tertiary alicyclic amines) is 1. The number of aryl methyl sites for hydroxylation is 1. The third kappa shape index (κ3) is 5.41. The summed E-state index contributed by atoms with van der Waals surface area (Å²) >= 11 is 0. The molecular weight excluding hydrogens is 440 g/mol. The van der Waals surface area contributed by atoms with E-state index in [1.807, 2.05) is 67.6 Å². The second-order valence-electron chi connectivity index (χ2n) is 8.65. The van der Waals surface area contributed by atoms with Gasteiger partial charge in [0.2, 0.25) is 0 Å². The van der Waals surface area contributed by atoms with Crippen LogP contribution in [-0.2, 0) is 0 Å². The molecule has 1 aliphatic rings. The van der Waals surface area contributed by atoms with Gasteiger partial charge in [-0.3, -0.25) is 10.1 Å². The molecule has 0 radical (unpaired) electrons. The monoisotopic (exact) mass is 466 g/mol. The Morgan fingerprint density at radius 2 is 1.66 bits per heavy atom. The number of benzene rings is 3. The second-order valence-corrected chi connectivity index (χ2v) is 8.65. The van der Waals surface area contributed by atoms with Crippen molar-refractivity contribution < 1.29 is 14.3 Å². The van der Waals surface area contributed by atoms with Gasteiger partial charge in [-0.25, -0.2) is 9.78 Å². The summed E-state index contributed by atoms with van der Waals surface area (Å²) in [6.45, 7) is 3.52. The first kappa shape index (κ1) is 22.4. The number of nitrogens with zero attached hydrogens (tertiary/aromatic N) is 2. The Balaban J connectivity index is 1.31. The van der Waals surface area contributed by atoms with E-state index in [-0.39, 0.29) is 11.9 Å². The molecule has 3 amide bonds. The lowest BCUT2D eigenvalue weighted by atomic mass is 10.1. The number of aromatic nitrogens is 1. The molecule has 1 fully saturated rings. The van der Waals surface area contributed by atoms with E-state index in [4.69, 9.17) is 4.74 Å². The van der Waals surface area contributed by atoms with E-state index in [0.717, 1.165) is 48.0 Å². The van der Waals surface area contributed by atoms with E-state index in [1.54, 1.807) is 23.2 Å². The van der Waals surface area contributed by atoms with Crippen molar-refractivity contribution in [1.29, 1.82) is 0 Å². The quantitative estimate of drug-likeness (QED) is 0.366. The third-order valence-electron chi connectivity index (χ3n) is 5.95. The molecule has 0 bridgehead atoms. The number of carbonyl (C=O) groups excluding carboxylic acids is 2. The van der Waals surface area contributed by atoms with E-state index in [0.29, 0.717) is 22.9 Å². The molecule has 0 spiro atoms. The minimum atomic E-state index is -0.170. The summed E-state index contributed by atoms with van der Waals surface area (Å²) in [7, 11) is 0. The topological polar surface area (TPSA) is 83.6 Å². The van der Waals surface area contributed by atoms with Gasteiger partial charge in [0, 0.05) is 36.6 Å². The number of nitrogens with one attached hydrogen (secondary N) is 2. The van der Waals surface area contributed by atoms with Gasteiger partial charge in [-0.15, -0.1) is 0 Å². The lowest BCUT2D eigenvalue weighted by molar-refractivity contribution is 0.102. The maximum absolute atomic E-state index is 12.8. The van der Waals surface area contributed by atoms with E-state index in [1.165, 1.54) is 0 Å². The largest absolute Gasteiger partial charge is 0.457 e. The maximum Gasteiger partial charge on any atom is 0.323 e. The number of amides is 3. The molecule has 0 aliphatic carbocycles. The SMILES string of the molecule is Cc1cccc(NC(=O)c2ccc3ccc(Oc4ccnc(NC(=O)N5CCCC5)c4)cc3c2)c1. The first-order valence-corrected chi connectivity index (χ1v) is 11.7. The Bertz CT molecular complexity index is 1400. The van der Waals surface area contributed by atoms with E-state index in [2.05, 4.69) is 15.6 Å². The minimum Gasteiger partial charge on any atom is -0.457 e. The fraction of sp³-hybridized carbons (Fsp3) is 0.179. The Labute approximate surface area is 203 Å². The molecule has 3 aromatic carbocycles. The lowest BCUT2D eigenvalue weighted by Gasteiger charge is -2.16. The first-order chi connectivity index (χ1) is 17.0. The molecule has 1 saturated heterocycles. The van der Waals surface area contributed by atoms with Crippen molar-refractivity contribution in [2.24, 2.45) is 0 Å². The Hall–Kier alpha value is -4.39. The number of hydrogen-bond acceptors (Lipinski definition) is 4. The minimum absolute atomic E-state index is 0.144. The normalized spacial score (nSPS) is 13.0. The molecule has 176 valence electrons. The van der Waals surface area contributed by atoms with Crippen molar-refractivity contribution >= 4 is 34.2 Å². The number of fused-ring (bicyclic) bond motifs is 1. The van der Waals surface area contributed by atoms with Crippen molar-refractivity contribution in [3.05, 3.63) is 90.1 Å². The van der Waals surface area contributed by atoms with Gasteiger partial charge in [0.1, 0.15) is 17.3 Å². The molecule has 7 heteroatoms. The van der Waals surface area contributed by atoms with Crippen LogP contribution < -0.4 is 15.4 Å². The van der Waals surface area contributed by atoms with Gasteiger partial charge in [0.05, 0.1) is 0 Å². The van der Waals surface area contributed by atoms with Crippen LogP contribution in [0.3, 0.4) is 0 Å². The number of anilines is 2. The summed E-state index contributed by atoms with van der Waals surface area (Å²) in [6, 6.07) is 22.3. The van der Waals surface area contributed by atoms with E-state index < -0.39 is 0 Å². The van der Waals surface area contributed by atoms with Gasteiger partial charge >= 0.3 is 6.03 Å². The summed E-state index contributed by atoms with van der Waals surface area (Å²) < 4.78 is 6.04. The average molecular weight is 467 g/mol. The summed E-state index contributed by atoms with van der Waals surface area (Å²) in [6.07, 6.45) is 3.66. The average Bonchev–Trinajstić information content (AvgIpc) is 3.39. The molecule has 35 heavy (non-hydrogen) atoms. The van der Waals surface area contributed by atoms with Gasteiger partial charge in [-0.05, 0) is 78.6 Å². The number of pyridine rings is 1. The number of hydrogen-bond donors (Lipinski definition) is 2. The zero-order valence-corrected chi connectivity index (χ0v) is 19.5. The summed E-state index contributed by atoms with van der Waals surface area (Å²) in [5, 5.41) is 7.66.